The van der Waals surface area contributed by atoms with Crippen LogP contribution in [0.15, 0.2) is 0 Å². The van der Waals surface area contributed by atoms with Crippen LogP contribution in [0.3, 0.4) is 0 Å². The first kappa shape index (κ1) is 31.9. The summed E-state index contributed by atoms with van der Waals surface area (Å²) in [5.41, 5.74) is 0. The molecule has 12 heteroatoms. The van der Waals surface area contributed by atoms with E-state index in [0.717, 1.165) is 0 Å². The van der Waals surface area contributed by atoms with Crippen LogP contribution in [0.2, 0.25) is 98.2 Å². The Hall–Kier alpha value is -0.0956. The van der Waals surface area contributed by atoms with E-state index in [2.05, 4.69) is 0 Å². The van der Waals surface area contributed by atoms with E-state index in [1.54, 1.807) is 0 Å². The number of rotatable bonds is 12. The van der Waals surface area contributed by atoms with Gasteiger partial charge in [0.05, 0.1) is 0 Å². The number of hydrogen-bond donors (Lipinski definition) is 0. The maximum atomic E-state index is 13.4. The molecule has 3 atom stereocenters. The highest BCUT2D eigenvalue weighted by molar-refractivity contribution is 6.72. The molecule has 0 radical (unpaired) electrons. The molecule has 190 valence electrons. The van der Waals surface area contributed by atoms with Crippen molar-refractivity contribution in [2.24, 2.45) is 0 Å². The van der Waals surface area contributed by atoms with Crippen LogP contribution in [-0.4, -0.2) is 71.8 Å². The van der Waals surface area contributed by atoms with Crippen LogP contribution in [0.5, 0.6) is 0 Å². The normalized spacial score (nSPS) is 16.8. The molecule has 32 heavy (non-hydrogen) atoms. The molecule has 0 rings (SSSR count). The first-order valence-corrected chi connectivity index (χ1v) is 28.3. The first-order chi connectivity index (χ1) is 13.8. The van der Waals surface area contributed by atoms with Gasteiger partial charge in [-0.05, 0) is 98.2 Å². The Balaban J connectivity index is 6.62. The fraction of sp³-hybridized carbons (Fsp3) is 0.900. The largest absolute Gasteiger partial charge is 0.518 e. The second kappa shape index (κ2) is 11.1. The first-order valence-electron chi connectivity index (χ1n) is 11.3. The minimum atomic E-state index is -2.23. The lowest BCUT2D eigenvalue weighted by molar-refractivity contribution is -0.160. The lowest BCUT2D eigenvalue weighted by atomic mass is 10.1. The van der Waals surface area contributed by atoms with E-state index in [1.807, 2.05) is 98.2 Å². The molecule has 0 saturated heterocycles. The minimum absolute atomic E-state index is 0.486. The van der Waals surface area contributed by atoms with Crippen LogP contribution in [0.4, 0.5) is 0 Å². The summed E-state index contributed by atoms with van der Waals surface area (Å²) in [6, 6.07) is 0. The van der Waals surface area contributed by atoms with Crippen molar-refractivity contribution in [2.45, 2.75) is 117 Å². The summed E-state index contributed by atoms with van der Waals surface area (Å²) in [4.78, 5) is 26.8. The fourth-order valence-electron chi connectivity index (χ4n) is 2.67. The van der Waals surface area contributed by atoms with Crippen LogP contribution < -0.4 is 0 Å². The number of carbonyl (C=O) groups excluding carboxylic acids is 2. The lowest BCUT2D eigenvalue weighted by Gasteiger charge is -2.40. The van der Waals surface area contributed by atoms with Crippen LogP contribution in [0, 0.1) is 0 Å². The maximum Gasteiger partial charge on any atom is 0.323 e. The molecule has 0 aromatic heterocycles. The van der Waals surface area contributed by atoms with E-state index >= 15 is 0 Å². The van der Waals surface area contributed by atoms with Gasteiger partial charge in [-0.1, -0.05) is 0 Å². The molecule has 0 fully saturated rings. The van der Waals surface area contributed by atoms with Gasteiger partial charge < -0.3 is 22.1 Å². The van der Waals surface area contributed by atoms with Gasteiger partial charge in [-0.2, -0.15) is 0 Å². The van der Waals surface area contributed by atoms with Gasteiger partial charge in [0.2, 0.25) is 16.6 Å². The Morgan fingerprint density at radius 3 is 0.875 bits per heavy atom. The van der Waals surface area contributed by atoms with Gasteiger partial charge in [-0.3, -0.25) is 9.59 Å². The van der Waals surface area contributed by atoms with Crippen LogP contribution >= 0.6 is 0 Å². The standard InChI is InChI=1S/C20H48O7Si5/c1-28(2,3)23-16(17(24-29(4,5)6)19(21)26-31(10,11)12)18(25-30(7,8)9)20(22)27-32(13,14)15/h16-18H,1-15H3/t16?,17-,18+. The molecule has 0 aromatic rings. The molecule has 1 unspecified atom stereocenters. The predicted molar refractivity (Wildman–Crippen MR) is 144 cm³/mol. The molecule has 0 heterocycles. The lowest BCUT2D eigenvalue weighted by Crippen LogP contribution is -2.59. The molecule has 0 bridgehead atoms. The molecular formula is C20H48O7Si5. The van der Waals surface area contributed by atoms with Gasteiger partial charge in [-0.25, -0.2) is 0 Å². The molecule has 0 N–H and O–H groups in total. The molecule has 0 saturated carbocycles. The van der Waals surface area contributed by atoms with Crippen molar-refractivity contribution in [3.63, 3.8) is 0 Å². The summed E-state index contributed by atoms with van der Waals surface area (Å²) in [6.45, 7) is 29.7. The summed E-state index contributed by atoms with van der Waals surface area (Å²) >= 11 is 0. The monoisotopic (exact) mass is 540 g/mol. The molecule has 0 aliphatic rings. The molecule has 0 spiro atoms. The number of carbonyl (C=O) groups is 2. The topological polar surface area (TPSA) is 80.3 Å². The average Bonchev–Trinajstić information content (AvgIpc) is 2.41. The third kappa shape index (κ3) is 14.9. The van der Waals surface area contributed by atoms with E-state index in [1.165, 1.54) is 0 Å². The highest BCUT2D eigenvalue weighted by atomic mass is 28.4. The maximum absolute atomic E-state index is 13.4. The average molecular weight is 541 g/mol. The second-order valence-electron chi connectivity index (χ2n) is 13.1. The van der Waals surface area contributed by atoms with E-state index in [0.29, 0.717) is 0 Å². The number of hydrogen-bond acceptors (Lipinski definition) is 7. The third-order valence-electron chi connectivity index (χ3n) is 3.33. The van der Waals surface area contributed by atoms with E-state index in [-0.39, 0.29) is 0 Å². The van der Waals surface area contributed by atoms with Gasteiger partial charge in [0.15, 0.2) is 37.2 Å². The fourth-order valence-corrected chi connectivity index (χ4v) is 7.16. The zero-order valence-electron chi connectivity index (χ0n) is 23.1. The van der Waals surface area contributed by atoms with E-state index in [9.17, 15) is 9.59 Å². The Bertz CT molecular complexity index is 589. The van der Waals surface area contributed by atoms with Crippen molar-refractivity contribution in [3.05, 3.63) is 0 Å². The summed E-state index contributed by atoms with van der Waals surface area (Å²) in [7, 11) is -11.1. The Morgan fingerprint density at radius 1 is 0.438 bits per heavy atom. The highest BCUT2D eigenvalue weighted by Crippen LogP contribution is 2.27. The molecule has 0 aliphatic heterocycles. The van der Waals surface area contributed by atoms with Crippen LogP contribution in [0.1, 0.15) is 0 Å². The smallest absolute Gasteiger partial charge is 0.323 e. The predicted octanol–water partition coefficient (Wildman–Crippen LogP) is 5.40. The third-order valence-corrected chi connectivity index (χ3v) is 7.85. The summed E-state index contributed by atoms with van der Waals surface area (Å²) in [5, 5.41) is 0. The molecule has 0 aromatic carbocycles. The van der Waals surface area contributed by atoms with Crippen molar-refractivity contribution in [1.82, 2.24) is 0 Å². The molecule has 0 aliphatic carbocycles. The molecular weight excluding hydrogens is 493 g/mol. The Kier molecular flexibility index (Phi) is 11.1. The van der Waals surface area contributed by atoms with Crippen LogP contribution in [0.25, 0.3) is 0 Å². The molecule has 7 nitrogen and oxygen atoms in total. The van der Waals surface area contributed by atoms with Crippen molar-refractivity contribution < 1.29 is 31.7 Å². The summed E-state index contributed by atoms with van der Waals surface area (Å²) < 4.78 is 30.9. The van der Waals surface area contributed by atoms with Gasteiger partial charge in [0.1, 0.15) is 6.10 Å². The zero-order chi connectivity index (χ0) is 25.9. The SMILES string of the molecule is C[Si](C)(C)OC(=O)[C@@H](O[Si](C)(C)C)C(O[Si](C)(C)C)[C@@H](O[Si](C)(C)C)C(=O)O[Si](C)(C)C. The highest BCUT2D eigenvalue weighted by Gasteiger charge is 2.48. The van der Waals surface area contributed by atoms with E-state index in [4.69, 9.17) is 22.1 Å². The van der Waals surface area contributed by atoms with Gasteiger partial charge in [0.25, 0.3) is 0 Å². The van der Waals surface area contributed by atoms with Crippen molar-refractivity contribution in [2.75, 3.05) is 0 Å². The van der Waals surface area contributed by atoms with Gasteiger partial charge in [0, 0.05) is 0 Å². The summed E-state index contributed by atoms with van der Waals surface area (Å²) in [5.74, 6) is -0.973. The molecule has 0 amide bonds. The van der Waals surface area contributed by atoms with Crippen LogP contribution in [-0.2, 0) is 31.7 Å². The van der Waals surface area contributed by atoms with Gasteiger partial charge in [-0.15, -0.1) is 0 Å². The summed E-state index contributed by atoms with van der Waals surface area (Å²) in [6.07, 6.45) is -3.06. The van der Waals surface area contributed by atoms with Crippen molar-refractivity contribution in [3.8, 4) is 0 Å². The minimum Gasteiger partial charge on any atom is -0.518 e. The van der Waals surface area contributed by atoms with Crippen molar-refractivity contribution >= 4 is 53.5 Å². The Labute approximate surface area is 201 Å². The quantitative estimate of drug-likeness (QED) is 0.306. The van der Waals surface area contributed by atoms with E-state index < -0.39 is 71.8 Å². The van der Waals surface area contributed by atoms with Gasteiger partial charge >= 0.3 is 11.9 Å². The van der Waals surface area contributed by atoms with Crippen molar-refractivity contribution in [1.29, 1.82) is 0 Å². The second-order valence-corrected chi connectivity index (χ2v) is 35.3. The Morgan fingerprint density at radius 2 is 0.688 bits per heavy atom. The zero-order valence-corrected chi connectivity index (χ0v) is 28.1.